The first kappa shape index (κ1) is 21.4. The summed E-state index contributed by atoms with van der Waals surface area (Å²) < 4.78 is 11.1. The zero-order valence-corrected chi connectivity index (χ0v) is 18.6. The fourth-order valence-corrected chi connectivity index (χ4v) is 3.91. The van der Waals surface area contributed by atoms with Gasteiger partial charge in [0.1, 0.15) is 18.1 Å². The number of halogens is 1. The van der Waals surface area contributed by atoms with E-state index in [2.05, 4.69) is 41.2 Å². The molecule has 1 aromatic heterocycles. The molecule has 6 nitrogen and oxygen atoms in total. The number of piperazine rings is 1. The van der Waals surface area contributed by atoms with E-state index >= 15 is 0 Å². The summed E-state index contributed by atoms with van der Waals surface area (Å²) in [6.07, 6.45) is 0. The molecule has 1 aliphatic rings. The van der Waals surface area contributed by atoms with Crippen molar-refractivity contribution in [2.75, 3.05) is 26.2 Å². The van der Waals surface area contributed by atoms with Gasteiger partial charge in [0.15, 0.2) is 5.69 Å². The maximum absolute atomic E-state index is 13.1. The van der Waals surface area contributed by atoms with Gasteiger partial charge in [0.2, 0.25) is 0 Å². The van der Waals surface area contributed by atoms with Crippen LogP contribution in [-0.4, -0.2) is 47.0 Å². The van der Waals surface area contributed by atoms with Gasteiger partial charge in [-0.05, 0) is 43.2 Å². The second-order valence-corrected chi connectivity index (χ2v) is 8.24. The third-order valence-corrected chi connectivity index (χ3v) is 5.92. The van der Waals surface area contributed by atoms with E-state index in [0.717, 1.165) is 19.6 Å². The maximum Gasteiger partial charge on any atom is 0.276 e. The first-order chi connectivity index (χ1) is 15.0. The van der Waals surface area contributed by atoms with Gasteiger partial charge in [0.05, 0.1) is 5.56 Å². The molecule has 0 bridgehead atoms. The van der Waals surface area contributed by atoms with Crippen molar-refractivity contribution >= 4 is 17.5 Å². The van der Waals surface area contributed by atoms with E-state index in [4.69, 9.17) is 20.9 Å². The molecule has 0 atom stereocenters. The minimum atomic E-state index is -0.114. The highest BCUT2D eigenvalue weighted by Crippen LogP contribution is 2.22. The number of rotatable bonds is 6. The average molecular weight is 440 g/mol. The molecule has 0 saturated carbocycles. The van der Waals surface area contributed by atoms with E-state index in [9.17, 15) is 4.79 Å². The van der Waals surface area contributed by atoms with Crippen molar-refractivity contribution in [1.82, 2.24) is 15.0 Å². The van der Waals surface area contributed by atoms with Crippen molar-refractivity contribution < 1.29 is 14.1 Å². The zero-order valence-electron chi connectivity index (χ0n) is 17.8. The number of aryl methyl sites for hydroxylation is 2. The van der Waals surface area contributed by atoms with Gasteiger partial charge in [-0.15, -0.1) is 0 Å². The van der Waals surface area contributed by atoms with Crippen LogP contribution in [0.1, 0.15) is 32.9 Å². The van der Waals surface area contributed by atoms with Crippen LogP contribution in [-0.2, 0) is 13.2 Å². The second-order valence-electron chi connectivity index (χ2n) is 7.81. The normalized spacial score (nSPS) is 14.6. The summed E-state index contributed by atoms with van der Waals surface area (Å²) in [7, 11) is 0. The first-order valence-corrected chi connectivity index (χ1v) is 10.8. The number of hydrogen-bond donors (Lipinski definition) is 0. The Kier molecular flexibility index (Phi) is 6.59. The quantitative estimate of drug-likeness (QED) is 0.566. The lowest BCUT2D eigenvalue weighted by molar-refractivity contribution is 0.0616. The molecule has 3 aromatic rings. The van der Waals surface area contributed by atoms with Gasteiger partial charge in [-0.25, -0.2) is 0 Å². The monoisotopic (exact) mass is 439 g/mol. The first-order valence-electron chi connectivity index (χ1n) is 10.4. The van der Waals surface area contributed by atoms with Crippen LogP contribution in [0.2, 0.25) is 5.02 Å². The van der Waals surface area contributed by atoms with Crippen LogP contribution < -0.4 is 4.74 Å². The number of benzene rings is 2. The summed E-state index contributed by atoms with van der Waals surface area (Å²) in [5, 5.41) is 4.63. The van der Waals surface area contributed by atoms with Gasteiger partial charge in [0.25, 0.3) is 5.91 Å². The van der Waals surface area contributed by atoms with Crippen LogP contribution in [0.5, 0.6) is 5.75 Å². The largest absolute Gasteiger partial charge is 0.489 e. The number of nitrogens with zero attached hydrogens (tertiary/aromatic N) is 3. The Bertz CT molecular complexity index is 1060. The predicted molar refractivity (Wildman–Crippen MR) is 119 cm³/mol. The molecule has 1 fully saturated rings. The van der Waals surface area contributed by atoms with E-state index < -0.39 is 0 Å². The SMILES string of the molecule is Cc1ccccc1CN1CCN(C(=O)c2noc(C)c2COc2cccc(Cl)c2)CC1. The van der Waals surface area contributed by atoms with E-state index in [-0.39, 0.29) is 12.5 Å². The van der Waals surface area contributed by atoms with Crippen LogP contribution in [0, 0.1) is 13.8 Å². The Morgan fingerprint density at radius 2 is 1.87 bits per heavy atom. The Hall–Kier alpha value is -2.83. The summed E-state index contributed by atoms with van der Waals surface area (Å²) in [4.78, 5) is 17.3. The fourth-order valence-electron chi connectivity index (χ4n) is 3.73. The molecule has 0 unspecified atom stereocenters. The summed E-state index contributed by atoms with van der Waals surface area (Å²) in [6, 6.07) is 15.6. The molecule has 1 amide bonds. The molecule has 0 aliphatic carbocycles. The highest BCUT2D eigenvalue weighted by atomic mass is 35.5. The molecule has 0 N–H and O–H groups in total. The standard InChI is InChI=1S/C24H26ClN3O3/c1-17-6-3-4-7-19(17)15-27-10-12-28(13-11-27)24(29)23-22(18(2)31-26-23)16-30-21-9-5-8-20(25)14-21/h3-9,14H,10-13,15-16H2,1-2H3. The summed E-state index contributed by atoms with van der Waals surface area (Å²) >= 11 is 6.02. The van der Waals surface area contributed by atoms with Gasteiger partial charge >= 0.3 is 0 Å². The van der Waals surface area contributed by atoms with Crippen molar-refractivity contribution in [3.63, 3.8) is 0 Å². The Morgan fingerprint density at radius 3 is 2.61 bits per heavy atom. The molecular formula is C24H26ClN3O3. The van der Waals surface area contributed by atoms with Crippen LogP contribution in [0.15, 0.2) is 53.1 Å². The molecule has 2 heterocycles. The molecule has 31 heavy (non-hydrogen) atoms. The number of aromatic nitrogens is 1. The molecule has 162 valence electrons. The minimum absolute atomic E-state index is 0.114. The zero-order chi connectivity index (χ0) is 21.8. The van der Waals surface area contributed by atoms with Crippen molar-refractivity contribution in [1.29, 1.82) is 0 Å². The number of amides is 1. The number of carbonyl (C=O) groups is 1. The summed E-state index contributed by atoms with van der Waals surface area (Å²) in [6.45, 7) is 7.99. The molecule has 1 saturated heterocycles. The Labute approximate surface area is 187 Å². The van der Waals surface area contributed by atoms with E-state index in [1.807, 2.05) is 17.0 Å². The number of ether oxygens (including phenoxy) is 1. The Morgan fingerprint density at radius 1 is 1.10 bits per heavy atom. The maximum atomic E-state index is 13.1. The van der Waals surface area contributed by atoms with Crippen LogP contribution in [0.25, 0.3) is 0 Å². The lowest BCUT2D eigenvalue weighted by atomic mass is 10.1. The molecule has 7 heteroatoms. The predicted octanol–water partition coefficient (Wildman–Crippen LogP) is 4.48. The summed E-state index contributed by atoms with van der Waals surface area (Å²) in [5.41, 5.74) is 3.62. The van der Waals surface area contributed by atoms with Gasteiger partial charge in [-0.1, -0.05) is 47.1 Å². The van der Waals surface area contributed by atoms with Crippen LogP contribution in [0.3, 0.4) is 0 Å². The van der Waals surface area contributed by atoms with Crippen LogP contribution in [0.4, 0.5) is 0 Å². The smallest absolute Gasteiger partial charge is 0.276 e. The minimum Gasteiger partial charge on any atom is -0.489 e. The molecule has 1 aliphatic heterocycles. The van der Waals surface area contributed by atoms with Crippen molar-refractivity contribution in [3.05, 3.63) is 81.7 Å². The van der Waals surface area contributed by atoms with Gasteiger partial charge in [-0.3, -0.25) is 9.69 Å². The van der Waals surface area contributed by atoms with Gasteiger partial charge in [-0.2, -0.15) is 0 Å². The molecule has 4 rings (SSSR count). The number of carbonyl (C=O) groups excluding carboxylic acids is 1. The van der Waals surface area contributed by atoms with Crippen molar-refractivity contribution in [2.24, 2.45) is 0 Å². The lowest BCUT2D eigenvalue weighted by Crippen LogP contribution is -2.48. The molecule has 2 aromatic carbocycles. The molecule has 0 spiro atoms. The topological polar surface area (TPSA) is 58.8 Å². The van der Waals surface area contributed by atoms with E-state index in [0.29, 0.717) is 40.9 Å². The summed E-state index contributed by atoms with van der Waals surface area (Å²) in [5.74, 6) is 1.11. The highest BCUT2D eigenvalue weighted by Gasteiger charge is 2.28. The van der Waals surface area contributed by atoms with E-state index in [1.165, 1.54) is 11.1 Å². The Balaban J connectivity index is 1.37. The van der Waals surface area contributed by atoms with Crippen LogP contribution >= 0.6 is 11.6 Å². The fraction of sp³-hybridized carbons (Fsp3) is 0.333. The third-order valence-electron chi connectivity index (χ3n) is 5.68. The third kappa shape index (κ3) is 5.09. The highest BCUT2D eigenvalue weighted by molar-refractivity contribution is 6.30. The average Bonchev–Trinajstić information content (AvgIpc) is 3.14. The van der Waals surface area contributed by atoms with Gasteiger partial charge < -0.3 is 14.2 Å². The second kappa shape index (κ2) is 9.54. The molecular weight excluding hydrogens is 414 g/mol. The lowest BCUT2D eigenvalue weighted by Gasteiger charge is -2.34. The van der Waals surface area contributed by atoms with E-state index in [1.54, 1.807) is 19.1 Å². The van der Waals surface area contributed by atoms with Crippen molar-refractivity contribution in [3.8, 4) is 5.75 Å². The number of hydrogen-bond acceptors (Lipinski definition) is 5. The van der Waals surface area contributed by atoms with Gasteiger partial charge in [0, 0.05) is 37.7 Å². The van der Waals surface area contributed by atoms with Crippen molar-refractivity contribution in [2.45, 2.75) is 27.0 Å². The molecule has 0 radical (unpaired) electrons.